The van der Waals surface area contributed by atoms with Gasteiger partial charge in [0.05, 0.1) is 6.57 Å². The highest BCUT2D eigenvalue weighted by Crippen LogP contribution is 2.35. The summed E-state index contributed by atoms with van der Waals surface area (Å²) in [7, 11) is 0. The average Bonchev–Trinajstić information content (AvgIpc) is 2.77. The van der Waals surface area contributed by atoms with Crippen LogP contribution in [0.1, 0.15) is 35.6 Å². The summed E-state index contributed by atoms with van der Waals surface area (Å²) in [5.74, 6) is -0.786. The molecule has 0 heterocycles. The van der Waals surface area contributed by atoms with Crippen molar-refractivity contribution in [2.45, 2.75) is 13.3 Å². The third-order valence-corrected chi connectivity index (χ3v) is 4.77. The molecule has 0 aliphatic rings. The second-order valence-corrected chi connectivity index (χ2v) is 6.71. The lowest BCUT2D eigenvalue weighted by Crippen LogP contribution is -1.95. The standard InChI is InChI=1S/C26H21NO3/c1-3-24(19-9-13-22(27-2)14-10-19)26(21-11-15-23(28)16-12-21)20-7-4-18(5-8-20)6-17-25(29)30/h4-17,28H,3H2,1H3,(H,29,30)/b17-6+,26-24+. The first-order chi connectivity index (χ1) is 14.5. The Hall–Kier alpha value is -4.10. The van der Waals surface area contributed by atoms with Gasteiger partial charge in [0.2, 0.25) is 0 Å². The third-order valence-electron chi connectivity index (χ3n) is 4.77. The smallest absolute Gasteiger partial charge is 0.328 e. The van der Waals surface area contributed by atoms with Gasteiger partial charge in [-0.05, 0) is 58.0 Å². The molecule has 2 N–H and O–H groups in total. The molecule has 0 amide bonds. The molecule has 0 unspecified atom stereocenters. The number of carboxylic acids is 1. The summed E-state index contributed by atoms with van der Waals surface area (Å²) in [5.41, 5.74) is 6.52. The van der Waals surface area contributed by atoms with Crippen molar-refractivity contribution >= 4 is 28.9 Å². The molecule has 4 heteroatoms. The summed E-state index contributed by atoms with van der Waals surface area (Å²) >= 11 is 0. The number of carboxylic acid groups (broad SMARTS) is 1. The first kappa shape index (κ1) is 20.6. The SMILES string of the molecule is [C-]#[N+]c1ccc(/C(CC)=C(/c2ccc(O)cc2)c2ccc(/C=C/C(=O)O)cc2)cc1. The minimum absolute atomic E-state index is 0.201. The van der Waals surface area contributed by atoms with Gasteiger partial charge in [0, 0.05) is 6.08 Å². The van der Waals surface area contributed by atoms with Crippen molar-refractivity contribution in [2.75, 3.05) is 0 Å². The fourth-order valence-electron chi connectivity index (χ4n) is 3.33. The van der Waals surface area contributed by atoms with Crippen molar-refractivity contribution in [3.8, 4) is 5.75 Å². The molecule has 0 aromatic heterocycles. The van der Waals surface area contributed by atoms with Crippen LogP contribution in [0.4, 0.5) is 5.69 Å². The number of carbonyl (C=O) groups is 1. The molecule has 0 spiro atoms. The molecule has 3 aromatic carbocycles. The van der Waals surface area contributed by atoms with E-state index in [0.717, 1.165) is 45.9 Å². The van der Waals surface area contributed by atoms with Crippen molar-refractivity contribution < 1.29 is 15.0 Å². The van der Waals surface area contributed by atoms with Crippen molar-refractivity contribution in [1.82, 2.24) is 0 Å². The van der Waals surface area contributed by atoms with E-state index < -0.39 is 5.97 Å². The maximum atomic E-state index is 10.8. The predicted octanol–water partition coefficient (Wildman–Crippen LogP) is 6.41. The van der Waals surface area contributed by atoms with Crippen LogP contribution >= 0.6 is 0 Å². The third kappa shape index (κ3) is 4.84. The number of allylic oxidation sites excluding steroid dienone is 1. The quantitative estimate of drug-likeness (QED) is 0.288. The zero-order valence-electron chi connectivity index (χ0n) is 16.5. The van der Waals surface area contributed by atoms with Gasteiger partial charge in [-0.25, -0.2) is 9.64 Å². The van der Waals surface area contributed by atoms with E-state index in [-0.39, 0.29) is 5.75 Å². The van der Waals surface area contributed by atoms with E-state index >= 15 is 0 Å². The van der Waals surface area contributed by atoms with Gasteiger partial charge in [-0.3, -0.25) is 0 Å². The predicted molar refractivity (Wildman–Crippen MR) is 120 cm³/mol. The van der Waals surface area contributed by atoms with E-state index in [1.807, 2.05) is 60.7 Å². The molecule has 0 fully saturated rings. The molecule has 4 nitrogen and oxygen atoms in total. The molecule has 148 valence electrons. The molecule has 30 heavy (non-hydrogen) atoms. The highest BCUT2D eigenvalue weighted by atomic mass is 16.4. The van der Waals surface area contributed by atoms with Gasteiger partial charge in [0.15, 0.2) is 5.69 Å². The molecule has 0 aliphatic heterocycles. The Morgan fingerprint density at radius 1 is 0.900 bits per heavy atom. The summed E-state index contributed by atoms with van der Waals surface area (Å²) in [5, 5.41) is 18.5. The Balaban J connectivity index is 2.16. The van der Waals surface area contributed by atoms with E-state index in [2.05, 4.69) is 11.8 Å². The van der Waals surface area contributed by atoms with Crippen LogP contribution < -0.4 is 0 Å². The van der Waals surface area contributed by atoms with Gasteiger partial charge in [-0.15, -0.1) is 0 Å². The maximum absolute atomic E-state index is 10.8. The number of phenols is 1. The lowest BCUT2D eigenvalue weighted by atomic mass is 9.88. The average molecular weight is 395 g/mol. The Bertz CT molecular complexity index is 1130. The van der Waals surface area contributed by atoms with Crippen LogP contribution in [0.3, 0.4) is 0 Å². The number of phenolic OH excluding ortho intramolecular Hbond substituents is 1. The molecular weight excluding hydrogens is 374 g/mol. The van der Waals surface area contributed by atoms with E-state index in [1.165, 1.54) is 0 Å². The van der Waals surface area contributed by atoms with Crippen LogP contribution in [0.5, 0.6) is 5.75 Å². The summed E-state index contributed by atoms with van der Waals surface area (Å²) in [6, 6.07) is 22.3. The van der Waals surface area contributed by atoms with Crippen molar-refractivity contribution in [2.24, 2.45) is 0 Å². The van der Waals surface area contributed by atoms with Gasteiger partial charge in [0.25, 0.3) is 0 Å². The fourth-order valence-corrected chi connectivity index (χ4v) is 3.33. The maximum Gasteiger partial charge on any atom is 0.328 e. The van der Waals surface area contributed by atoms with Gasteiger partial charge < -0.3 is 10.2 Å². The lowest BCUT2D eigenvalue weighted by Gasteiger charge is -2.17. The van der Waals surface area contributed by atoms with Crippen LogP contribution in [0.15, 0.2) is 78.9 Å². The second kappa shape index (κ2) is 9.40. The van der Waals surface area contributed by atoms with E-state index in [9.17, 15) is 9.90 Å². The Kier molecular flexibility index (Phi) is 6.46. The zero-order valence-corrected chi connectivity index (χ0v) is 16.5. The normalized spacial score (nSPS) is 11.7. The van der Waals surface area contributed by atoms with E-state index in [1.54, 1.807) is 18.2 Å². The number of hydrogen-bond donors (Lipinski definition) is 2. The van der Waals surface area contributed by atoms with Gasteiger partial charge in [-0.1, -0.05) is 67.6 Å². The highest BCUT2D eigenvalue weighted by Gasteiger charge is 2.13. The number of hydrogen-bond acceptors (Lipinski definition) is 2. The minimum atomic E-state index is -0.986. The molecule has 0 aliphatic carbocycles. The molecule has 0 radical (unpaired) electrons. The summed E-state index contributed by atoms with van der Waals surface area (Å²) in [6.07, 6.45) is 3.44. The van der Waals surface area contributed by atoms with E-state index in [4.69, 9.17) is 11.7 Å². The van der Waals surface area contributed by atoms with Crippen molar-refractivity contribution in [1.29, 1.82) is 0 Å². The number of nitrogens with zero attached hydrogens (tertiary/aromatic N) is 1. The first-order valence-corrected chi connectivity index (χ1v) is 9.53. The molecule has 0 atom stereocenters. The van der Waals surface area contributed by atoms with Crippen molar-refractivity contribution in [3.05, 3.63) is 113 Å². The topological polar surface area (TPSA) is 61.9 Å². The molecule has 3 aromatic rings. The van der Waals surface area contributed by atoms with Crippen LogP contribution in [-0.4, -0.2) is 16.2 Å². The largest absolute Gasteiger partial charge is 0.508 e. The monoisotopic (exact) mass is 395 g/mol. The molecule has 0 bridgehead atoms. The zero-order chi connectivity index (χ0) is 21.5. The highest BCUT2D eigenvalue weighted by molar-refractivity contribution is 5.99. The number of aliphatic carboxylic acids is 1. The molecule has 3 rings (SSSR count). The van der Waals surface area contributed by atoms with E-state index in [0.29, 0.717) is 5.69 Å². The van der Waals surface area contributed by atoms with Gasteiger partial charge >= 0.3 is 5.97 Å². The Labute approximate surface area is 175 Å². The fraction of sp³-hybridized carbons (Fsp3) is 0.0769. The summed E-state index contributed by atoms with van der Waals surface area (Å²) < 4.78 is 0. The lowest BCUT2D eigenvalue weighted by molar-refractivity contribution is -0.131. The number of benzene rings is 3. The second-order valence-electron chi connectivity index (χ2n) is 6.71. The Morgan fingerprint density at radius 2 is 1.43 bits per heavy atom. The van der Waals surface area contributed by atoms with Crippen LogP contribution in [0, 0.1) is 6.57 Å². The summed E-state index contributed by atoms with van der Waals surface area (Å²) in [6.45, 7) is 9.25. The minimum Gasteiger partial charge on any atom is -0.508 e. The first-order valence-electron chi connectivity index (χ1n) is 9.53. The van der Waals surface area contributed by atoms with Crippen LogP contribution in [0.2, 0.25) is 0 Å². The van der Waals surface area contributed by atoms with Crippen LogP contribution in [-0.2, 0) is 4.79 Å². The van der Waals surface area contributed by atoms with Crippen LogP contribution in [0.25, 0.3) is 22.1 Å². The van der Waals surface area contributed by atoms with Crippen molar-refractivity contribution in [3.63, 3.8) is 0 Å². The Morgan fingerprint density at radius 3 is 1.93 bits per heavy atom. The summed E-state index contributed by atoms with van der Waals surface area (Å²) in [4.78, 5) is 14.2. The molecular formula is C26H21NO3. The van der Waals surface area contributed by atoms with Gasteiger partial charge in [0.1, 0.15) is 5.75 Å². The molecule has 0 saturated heterocycles. The number of rotatable bonds is 6. The number of aromatic hydroxyl groups is 1. The van der Waals surface area contributed by atoms with Gasteiger partial charge in [-0.2, -0.15) is 0 Å². The molecule has 0 saturated carbocycles.